The Morgan fingerprint density at radius 1 is 1.19 bits per heavy atom. The fraction of sp³-hybridized carbons (Fsp3) is 0.438. The van der Waals surface area contributed by atoms with Crippen molar-refractivity contribution in [3.8, 4) is 5.75 Å². The minimum absolute atomic E-state index is 0.0598. The van der Waals surface area contributed by atoms with Crippen LogP contribution in [0.3, 0.4) is 0 Å². The van der Waals surface area contributed by atoms with Gasteiger partial charge in [-0.15, -0.1) is 0 Å². The Labute approximate surface area is 132 Å². The van der Waals surface area contributed by atoms with Gasteiger partial charge >= 0.3 is 0 Å². The number of carbonyl (C=O) groups excluding carboxylic acids is 1. The van der Waals surface area contributed by atoms with Crippen LogP contribution in [0.4, 0.5) is 0 Å². The van der Waals surface area contributed by atoms with Crippen LogP contribution in [0, 0.1) is 0 Å². The predicted octanol–water partition coefficient (Wildman–Crippen LogP) is 4.22. The fourth-order valence-corrected chi connectivity index (χ4v) is 3.23. The zero-order valence-electron chi connectivity index (χ0n) is 12.0. The largest absolute Gasteiger partial charge is 0.496 e. The van der Waals surface area contributed by atoms with Gasteiger partial charge in [-0.1, -0.05) is 12.8 Å². The first-order valence-electron chi connectivity index (χ1n) is 7.25. The highest BCUT2D eigenvalue weighted by atomic mass is 79.9. The van der Waals surface area contributed by atoms with Gasteiger partial charge in [-0.05, 0) is 40.9 Å². The molecule has 21 heavy (non-hydrogen) atoms. The van der Waals surface area contributed by atoms with Crippen molar-refractivity contribution in [2.75, 3.05) is 20.2 Å². The number of rotatable bonds is 2. The highest BCUT2D eigenvalue weighted by Gasteiger charge is 2.20. The number of hydrogen-bond acceptors (Lipinski definition) is 3. The first-order chi connectivity index (χ1) is 10.2. The minimum atomic E-state index is 0.0598. The lowest BCUT2D eigenvalue weighted by Crippen LogP contribution is -2.31. The van der Waals surface area contributed by atoms with Gasteiger partial charge in [-0.25, -0.2) is 0 Å². The van der Waals surface area contributed by atoms with Gasteiger partial charge in [0.15, 0.2) is 4.67 Å². The third kappa shape index (κ3) is 2.93. The summed E-state index contributed by atoms with van der Waals surface area (Å²) in [6, 6.07) is 5.46. The molecule has 0 saturated carbocycles. The summed E-state index contributed by atoms with van der Waals surface area (Å²) in [6.45, 7) is 1.67. The zero-order chi connectivity index (χ0) is 14.8. The van der Waals surface area contributed by atoms with Crippen molar-refractivity contribution in [2.45, 2.75) is 25.7 Å². The number of amides is 1. The lowest BCUT2D eigenvalue weighted by atomic mass is 10.1. The fourth-order valence-electron chi connectivity index (χ4n) is 2.82. The molecule has 0 spiro atoms. The van der Waals surface area contributed by atoms with Crippen LogP contribution in [-0.4, -0.2) is 31.0 Å². The normalized spacial score (nSPS) is 16.0. The molecular weight excluding hydrogens is 334 g/mol. The highest BCUT2D eigenvalue weighted by molar-refractivity contribution is 9.10. The summed E-state index contributed by atoms with van der Waals surface area (Å²) < 4.78 is 11.6. The van der Waals surface area contributed by atoms with E-state index < -0.39 is 0 Å². The summed E-state index contributed by atoms with van der Waals surface area (Å²) in [5.41, 5.74) is 1.29. The molecule has 1 aromatic carbocycles. The molecule has 1 fully saturated rings. The molecule has 4 nitrogen and oxygen atoms in total. The van der Waals surface area contributed by atoms with Crippen LogP contribution in [0.2, 0.25) is 0 Å². The average Bonchev–Trinajstić information content (AvgIpc) is 2.70. The number of hydrogen-bond donors (Lipinski definition) is 0. The van der Waals surface area contributed by atoms with Gasteiger partial charge in [-0.3, -0.25) is 4.79 Å². The number of benzene rings is 1. The van der Waals surface area contributed by atoms with Crippen LogP contribution in [0.5, 0.6) is 5.75 Å². The summed E-state index contributed by atoms with van der Waals surface area (Å²) in [5.74, 6) is 0.727. The van der Waals surface area contributed by atoms with E-state index >= 15 is 0 Å². The molecule has 112 valence electrons. The Hall–Kier alpha value is -1.49. The van der Waals surface area contributed by atoms with Crippen LogP contribution in [0.25, 0.3) is 11.0 Å². The first kappa shape index (κ1) is 14.4. The van der Waals surface area contributed by atoms with Crippen molar-refractivity contribution in [1.82, 2.24) is 4.90 Å². The lowest BCUT2D eigenvalue weighted by molar-refractivity contribution is 0.0761. The molecule has 0 aliphatic carbocycles. The number of halogens is 1. The number of nitrogens with zero attached hydrogens (tertiary/aromatic N) is 1. The van der Waals surface area contributed by atoms with Crippen LogP contribution < -0.4 is 4.74 Å². The van der Waals surface area contributed by atoms with Gasteiger partial charge in [0, 0.05) is 24.7 Å². The number of methoxy groups -OCH3 is 1. The summed E-state index contributed by atoms with van der Waals surface area (Å²) in [5, 5.41) is 0.872. The third-order valence-electron chi connectivity index (χ3n) is 3.93. The second kappa shape index (κ2) is 6.10. The minimum Gasteiger partial charge on any atom is -0.496 e. The second-order valence-electron chi connectivity index (χ2n) is 5.35. The van der Waals surface area contributed by atoms with E-state index in [2.05, 4.69) is 15.9 Å². The van der Waals surface area contributed by atoms with Crippen molar-refractivity contribution < 1.29 is 13.9 Å². The van der Waals surface area contributed by atoms with Crippen LogP contribution in [0.15, 0.2) is 27.3 Å². The molecule has 0 N–H and O–H groups in total. The molecule has 5 heteroatoms. The van der Waals surface area contributed by atoms with E-state index in [9.17, 15) is 4.79 Å². The molecule has 0 radical (unpaired) electrons. The molecular formula is C16H18BrNO3. The van der Waals surface area contributed by atoms with Gasteiger partial charge in [0.2, 0.25) is 0 Å². The Balaban J connectivity index is 1.97. The van der Waals surface area contributed by atoms with Crippen LogP contribution >= 0.6 is 15.9 Å². The van der Waals surface area contributed by atoms with Crippen molar-refractivity contribution in [3.05, 3.63) is 28.4 Å². The van der Waals surface area contributed by atoms with E-state index in [0.717, 1.165) is 31.3 Å². The maximum Gasteiger partial charge on any atom is 0.254 e. The Morgan fingerprint density at radius 3 is 2.57 bits per heavy atom. The maximum atomic E-state index is 12.7. The third-order valence-corrected chi connectivity index (χ3v) is 4.32. The Morgan fingerprint density at radius 2 is 1.90 bits per heavy atom. The number of furan rings is 1. The predicted molar refractivity (Wildman–Crippen MR) is 84.8 cm³/mol. The van der Waals surface area contributed by atoms with Gasteiger partial charge in [0.1, 0.15) is 11.3 Å². The van der Waals surface area contributed by atoms with Crippen LogP contribution in [-0.2, 0) is 0 Å². The molecule has 1 amide bonds. The van der Waals surface area contributed by atoms with Crippen molar-refractivity contribution in [1.29, 1.82) is 0 Å². The molecule has 0 unspecified atom stereocenters. The van der Waals surface area contributed by atoms with Crippen molar-refractivity contribution in [3.63, 3.8) is 0 Å². The van der Waals surface area contributed by atoms with E-state index in [0.29, 0.717) is 21.6 Å². The number of likely N-dealkylation sites (tertiary alicyclic amines) is 1. The molecule has 0 bridgehead atoms. The summed E-state index contributed by atoms with van der Waals surface area (Å²) >= 11 is 3.32. The van der Waals surface area contributed by atoms with E-state index in [1.807, 2.05) is 11.0 Å². The Kier molecular flexibility index (Phi) is 4.19. The average molecular weight is 352 g/mol. The number of ether oxygens (including phenoxy) is 1. The standard InChI is InChI=1S/C16H18BrNO3/c1-20-13-8-11(9-14-12(13)10-15(17)21-14)16(19)18-6-4-2-3-5-7-18/h8-10H,2-7H2,1H3. The molecule has 0 atom stereocenters. The molecule has 3 rings (SSSR count). The smallest absolute Gasteiger partial charge is 0.254 e. The molecule has 1 aromatic heterocycles. The number of carbonyl (C=O) groups is 1. The van der Waals surface area contributed by atoms with E-state index in [1.54, 1.807) is 19.2 Å². The van der Waals surface area contributed by atoms with E-state index in [-0.39, 0.29) is 5.91 Å². The number of fused-ring (bicyclic) bond motifs is 1. The molecule has 1 aliphatic rings. The molecule has 2 aromatic rings. The topological polar surface area (TPSA) is 42.7 Å². The summed E-state index contributed by atoms with van der Waals surface area (Å²) in [6.07, 6.45) is 4.57. The highest BCUT2D eigenvalue weighted by Crippen LogP contribution is 2.33. The quantitative estimate of drug-likeness (QED) is 0.813. The van der Waals surface area contributed by atoms with E-state index in [4.69, 9.17) is 9.15 Å². The summed E-state index contributed by atoms with van der Waals surface area (Å²) in [7, 11) is 1.61. The lowest BCUT2D eigenvalue weighted by Gasteiger charge is -2.20. The maximum absolute atomic E-state index is 12.7. The second-order valence-corrected chi connectivity index (χ2v) is 6.13. The molecule has 1 saturated heterocycles. The van der Waals surface area contributed by atoms with Gasteiger partial charge in [0.25, 0.3) is 5.91 Å². The monoisotopic (exact) mass is 351 g/mol. The first-order valence-corrected chi connectivity index (χ1v) is 8.04. The van der Waals surface area contributed by atoms with E-state index in [1.165, 1.54) is 12.8 Å². The molecule has 2 heterocycles. The van der Waals surface area contributed by atoms with Gasteiger partial charge in [0.05, 0.1) is 12.5 Å². The zero-order valence-corrected chi connectivity index (χ0v) is 13.6. The summed E-state index contributed by atoms with van der Waals surface area (Å²) in [4.78, 5) is 14.6. The van der Waals surface area contributed by atoms with Gasteiger partial charge < -0.3 is 14.1 Å². The SMILES string of the molecule is COc1cc(C(=O)N2CCCCCC2)cc2oc(Br)cc12. The van der Waals surface area contributed by atoms with Crippen molar-refractivity contribution >= 4 is 32.8 Å². The van der Waals surface area contributed by atoms with Gasteiger partial charge in [-0.2, -0.15) is 0 Å². The van der Waals surface area contributed by atoms with Crippen LogP contribution in [0.1, 0.15) is 36.0 Å². The molecule has 1 aliphatic heterocycles. The Bertz CT molecular complexity index is 657. The van der Waals surface area contributed by atoms with Crippen molar-refractivity contribution in [2.24, 2.45) is 0 Å².